The summed E-state index contributed by atoms with van der Waals surface area (Å²) in [5, 5.41) is 0.210. The van der Waals surface area contributed by atoms with Gasteiger partial charge in [0.05, 0.1) is 10.0 Å². The van der Waals surface area contributed by atoms with E-state index in [9.17, 15) is 13.6 Å². The monoisotopic (exact) mass is 585 g/mol. The highest BCUT2D eigenvalue weighted by molar-refractivity contribution is 9.10. The fourth-order valence-electron chi connectivity index (χ4n) is 5.52. The van der Waals surface area contributed by atoms with Crippen molar-refractivity contribution >= 4 is 38.7 Å². The average molecular weight is 586 g/mol. The molecule has 5 rings (SSSR count). The molecule has 0 bridgehead atoms. The van der Waals surface area contributed by atoms with E-state index in [2.05, 4.69) is 30.8 Å². The molecular formula is C25H31BrF3N5O3. The van der Waals surface area contributed by atoms with Crippen molar-refractivity contribution in [1.82, 2.24) is 19.8 Å². The molecule has 0 saturated carbocycles. The van der Waals surface area contributed by atoms with Crippen LogP contribution in [0.4, 0.5) is 23.8 Å². The van der Waals surface area contributed by atoms with Gasteiger partial charge in [-0.2, -0.15) is 9.97 Å². The number of fused-ring (bicyclic) bond motifs is 2. The first-order valence-electron chi connectivity index (χ1n) is 12.6. The predicted molar refractivity (Wildman–Crippen MR) is 136 cm³/mol. The van der Waals surface area contributed by atoms with Gasteiger partial charge < -0.3 is 19.3 Å². The van der Waals surface area contributed by atoms with E-state index in [4.69, 9.17) is 9.47 Å². The van der Waals surface area contributed by atoms with E-state index in [1.165, 1.54) is 6.07 Å². The lowest BCUT2D eigenvalue weighted by atomic mass is 9.95. The number of nitrogens with zero attached hydrogens (tertiary/aromatic N) is 5. The first kappa shape index (κ1) is 26.3. The third kappa shape index (κ3) is 5.19. The molecule has 1 aromatic carbocycles. The summed E-state index contributed by atoms with van der Waals surface area (Å²) in [7, 11) is 0. The first-order valence-corrected chi connectivity index (χ1v) is 13.4. The Morgan fingerprint density at radius 1 is 1.19 bits per heavy atom. The molecule has 3 fully saturated rings. The number of halogens is 4. The maximum atomic E-state index is 15.1. The molecule has 0 N–H and O–H groups in total. The second-order valence-electron chi connectivity index (χ2n) is 11.0. The molecule has 0 unspecified atom stereocenters. The summed E-state index contributed by atoms with van der Waals surface area (Å²) in [6.07, 6.45) is 0.835. The molecule has 3 saturated heterocycles. The number of anilines is 1. The third-order valence-electron chi connectivity index (χ3n) is 7.25. The van der Waals surface area contributed by atoms with Gasteiger partial charge in [0.25, 0.3) is 0 Å². The van der Waals surface area contributed by atoms with Crippen LogP contribution in [0.2, 0.25) is 0 Å². The molecule has 2 atom stereocenters. The van der Waals surface area contributed by atoms with Crippen LogP contribution in [0.5, 0.6) is 6.01 Å². The van der Waals surface area contributed by atoms with Crippen molar-refractivity contribution in [3.8, 4) is 6.01 Å². The smallest absolute Gasteiger partial charge is 0.410 e. The SMILES string of the molecule is CC(C)(C)OC(=O)N1CCN(c2nc(OC[C@@]34CCCN3C[C@H](F)C4)nc3c(F)c(Br)c(F)cc23)CC1. The summed E-state index contributed by atoms with van der Waals surface area (Å²) in [6, 6.07) is 1.15. The topological polar surface area (TPSA) is 71.0 Å². The van der Waals surface area contributed by atoms with Crippen LogP contribution in [-0.4, -0.2) is 89.0 Å². The van der Waals surface area contributed by atoms with E-state index in [1.54, 1.807) is 25.7 Å². The fourth-order valence-corrected chi connectivity index (χ4v) is 5.82. The first-order chi connectivity index (χ1) is 17.5. The Balaban J connectivity index is 1.42. The molecule has 8 nitrogen and oxygen atoms in total. The van der Waals surface area contributed by atoms with Crippen molar-refractivity contribution in [3.05, 3.63) is 22.2 Å². The van der Waals surface area contributed by atoms with Crippen LogP contribution in [0.1, 0.15) is 40.0 Å². The largest absolute Gasteiger partial charge is 0.461 e. The number of benzene rings is 1. The van der Waals surface area contributed by atoms with Crippen molar-refractivity contribution in [1.29, 1.82) is 0 Å². The number of rotatable bonds is 4. The van der Waals surface area contributed by atoms with Gasteiger partial charge in [0, 0.05) is 44.5 Å². The van der Waals surface area contributed by atoms with Crippen molar-refractivity contribution in [2.24, 2.45) is 0 Å². The second-order valence-corrected chi connectivity index (χ2v) is 11.8. The zero-order chi connectivity index (χ0) is 26.5. The van der Waals surface area contributed by atoms with Gasteiger partial charge in [0.1, 0.15) is 35.5 Å². The summed E-state index contributed by atoms with van der Waals surface area (Å²) in [5.41, 5.74) is -1.10. The molecule has 202 valence electrons. The van der Waals surface area contributed by atoms with Gasteiger partial charge in [-0.25, -0.2) is 18.0 Å². The predicted octanol–water partition coefficient (Wildman–Crippen LogP) is 4.68. The lowest BCUT2D eigenvalue weighted by Crippen LogP contribution is -2.50. The van der Waals surface area contributed by atoms with Gasteiger partial charge >= 0.3 is 12.1 Å². The highest BCUT2D eigenvalue weighted by Crippen LogP contribution is 2.41. The lowest BCUT2D eigenvalue weighted by molar-refractivity contribution is 0.0240. The standard InChI is InChI=1S/C25H31BrF3N5O3/c1-24(2,3)37-23(35)33-9-7-32(8-10-33)21-16-11-17(28)18(26)19(29)20(16)30-22(31-21)36-14-25-5-4-6-34(25)13-15(27)12-25/h11,15H,4-10,12-14H2,1-3H3/t15-,25+/m1/s1. The summed E-state index contributed by atoms with van der Waals surface area (Å²) in [4.78, 5) is 26.9. The number of hydrogen-bond acceptors (Lipinski definition) is 7. The highest BCUT2D eigenvalue weighted by atomic mass is 79.9. The Labute approximate surface area is 222 Å². The number of hydrogen-bond donors (Lipinski definition) is 0. The molecule has 1 amide bonds. The maximum Gasteiger partial charge on any atom is 0.410 e. The van der Waals surface area contributed by atoms with Crippen LogP contribution < -0.4 is 9.64 Å². The van der Waals surface area contributed by atoms with Crippen LogP contribution in [0.3, 0.4) is 0 Å². The van der Waals surface area contributed by atoms with Gasteiger partial charge in [-0.15, -0.1) is 0 Å². The van der Waals surface area contributed by atoms with Crippen LogP contribution >= 0.6 is 15.9 Å². The Morgan fingerprint density at radius 2 is 1.92 bits per heavy atom. The molecule has 37 heavy (non-hydrogen) atoms. The molecule has 3 aliphatic heterocycles. The summed E-state index contributed by atoms with van der Waals surface area (Å²) < 4.78 is 55.0. The zero-order valence-corrected chi connectivity index (χ0v) is 22.8. The Bertz CT molecular complexity index is 1200. The number of alkyl halides is 1. The Morgan fingerprint density at radius 3 is 2.62 bits per heavy atom. The van der Waals surface area contributed by atoms with Crippen molar-refractivity contribution in [3.63, 3.8) is 0 Å². The number of aromatic nitrogens is 2. The van der Waals surface area contributed by atoms with Crippen molar-refractivity contribution in [2.75, 3.05) is 50.8 Å². The molecule has 0 spiro atoms. The minimum Gasteiger partial charge on any atom is -0.461 e. The second kappa shape index (κ2) is 9.76. The summed E-state index contributed by atoms with van der Waals surface area (Å²) in [5.74, 6) is -1.29. The van der Waals surface area contributed by atoms with E-state index >= 15 is 4.39 Å². The normalized spacial score (nSPS) is 24.6. The van der Waals surface area contributed by atoms with E-state index in [-0.39, 0.29) is 28.0 Å². The van der Waals surface area contributed by atoms with E-state index in [1.807, 2.05) is 4.90 Å². The van der Waals surface area contributed by atoms with Crippen LogP contribution in [0.15, 0.2) is 10.5 Å². The molecule has 0 radical (unpaired) electrons. The van der Waals surface area contributed by atoms with Gasteiger partial charge in [-0.1, -0.05) is 0 Å². The Kier molecular flexibility index (Phi) is 6.93. The van der Waals surface area contributed by atoms with Crippen molar-refractivity contribution in [2.45, 2.75) is 57.3 Å². The van der Waals surface area contributed by atoms with E-state index in [0.29, 0.717) is 45.0 Å². The molecule has 3 aliphatic rings. The molecule has 2 aromatic rings. The maximum absolute atomic E-state index is 15.1. The minimum absolute atomic E-state index is 0.0435. The van der Waals surface area contributed by atoms with Crippen LogP contribution in [-0.2, 0) is 4.74 Å². The quantitative estimate of drug-likeness (QED) is 0.482. The van der Waals surface area contributed by atoms with Gasteiger partial charge in [0.15, 0.2) is 5.82 Å². The third-order valence-corrected chi connectivity index (χ3v) is 7.98. The van der Waals surface area contributed by atoms with Crippen molar-refractivity contribution < 1.29 is 27.4 Å². The number of ether oxygens (including phenoxy) is 2. The Hall–Kier alpha value is -2.34. The van der Waals surface area contributed by atoms with Gasteiger partial charge in [0.2, 0.25) is 0 Å². The van der Waals surface area contributed by atoms with Gasteiger partial charge in [-0.3, -0.25) is 4.90 Å². The van der Waals surface area contributed by atoms with Gasteiger partial charge in [-0.05, 0) is 62.2 Å². The van der Waals surface area contributed by atoms with Crippen LogP contribution in [0, 0.1) is 11.6 Å². The highest BCUT2D eigenvalue weighted by Gasteiger charge is 2.49. The molecular weight excluding hydrogens is 555 g/mol. The number of carbonyl (C=O) groups excluding carboxylic acids is 1. The van der Waals surface area contributed by atoms with E-state index < -0.39 is 35.0 Å². The van der Waals surface area contributed by atoms with Crippen LogP contribution in [0.25, 0.3) is 10.9 Å². The van der Waals surface area contributed by atoms with E-state index in [0.717, 1.165) is 19.4 Å². The molecule has 12 heteroatoms. The minimum atomic E-state index is -0.908. The molecule has 0 aliphatic carbocycles. The average Bonchev–Trinajstić information content (AvgIpc) is 3.36. The molecule has 1 aromatic heterocycles. The lowest BCUT2D eigenvalue weighted by Gasteiger charge is -2.36. The fraction of sp³-hybridized carbons (Fsp3) is 0.640. The summed E-state index contributed by atoms with van der Waals surface area (Å²) >= 11 is 2.96. The zero-order valence-electron chi connectivity index (χ0n) is 21.2. The number of piperazine rings is 1. The number of carbonyl (C=O) groups is 1. The molecule has 4 heterocycles. The number of amides is 1. The summed E-state index contributed by atoms with van der Waals surface area (Å²) in [6.45, 7) is 8.28.